The number of urea groups is 1. The Labute approximate surface area is 168 Å². The first-order chi connectivity index (χ1) is 13.1. The predicted molar refractivity (Wildman–Crippen MR) is 111 cm³/mol. The first-order valence-corrected chi connectivity index (χ1v) is 9.96. The van der Waals surface area contributed by atoms with Gasteiger partial charge in [-0.1, -0.05) is 23.8 Å². The van der Waals surface area contributed by atoms with Crippen LogP contribution in [0.4, 0.5) is 4.79 Å². The van der Waals surface area contributed by atoms with E-state index in [9.17, 15) is 9.59 Å². The lowest BCUT2D eigenvalue weighted by Crippen LogP contribution is -2.50. The van der Waals surface area contributed by atoms with Crippen LogP contribution in [0.25, 0.3) is 0 Å². The van der Waals surface area contributed by atoms with Gasteiger partial charge in [0, 0.05) is 24.3 Å². The molecule has 0 saturated heterocycles. The molecule has 28 heavy (non-hydrogen) atoms. The van der Waals surface area contributed by atoms with Crippen molar-refractivity contribution in [2.24, 2.45) is 0 Å². The van der Waals surface area contributed by atoms with E-state index in [1.807, 2.05) is 32.0 Å². The molecule has 0 radical (unpaired) electrons. The number of aryl methyl sites for hydroxylation is 2. The number of benzene rings is 1. The second-order valence-corrected chi connectivity index (χ2v) is 7.86. The average Bonchev–Trinajstić information content (AvgIpc) is 2.60. The lowest BCUT2D eigenvalue weighted by molar-refractivity contribution is -0.139. The molecular formula is C22H33N3O3. The molecule has 154 valence electrons. The van der Waals surface area contributed by atoms with E-state index in [0.29, 0.717) is 17.8 Å². The van der Waals surface area contributed by atoms with Crippen LogP contribution in [0, 0.1) is 13.8 Å². The Kier molecular flexibility index (Phi) is 7.24. The second kappa shape index (κ2) is 9.24. The molecule has 2 amide bonds. The molecule has 1 aromatic carbocycles. The minimum absolute atomic E-state index is 0.266. The van der Waals surface area contributed by atoms with Crippen molar-refractivity contribution in [3.63, 3.8) is 0 Å². The third kappa shape index (κ3) is 4.93. The molecule has 0 saturated carbocycles. The number of nitrogens with one attached hydrogen (secondary N) is 2. The van der Waals surface area contributed by atoms with Gasteiger partial charge in [0.1, 0.15) is 0 Å². The third-order valence-corrected chi connectivity index (χ3v) is 5.06. The van der Waals surface area contributed by atoms with Crippen molar-refractivity contribution in [3.8, 4) is 0 Å². The number of rotatable bonds is 7. The van der Waals surface area contributed by atoms with E-state index >= 15 is 0 Å². The van der Waals surface area contributed by atoms with Crippen LogP contribution in [0.3, 0.4) is 0 Å². The van der Waals surface area contributed by atoms with Gasteiger partial charge in [0.25, 0.3) is 0 Å². The van der Waals surface area contributed by atoms with Crippen molar-refractivity contribution in [2.75, 3.05) is 13.2 Å². The monoisotopic (exact) mass is 387 g/mol. The summed E-state index contributed by atoms with van der Waals surface area (Å²) in [5, 5.41) is 5.79. The van der Waals surface area contributed by atoms with E-state index in [2.05, 4.69) is 43.2 Å². The average molecular weight is 388 g/mol. The Morgan fingerprint density at radius 1 is 1.18 bits per heavy atom. The molecule has 1 aliphatic heterocycles. The zero-order chi connectivity index (χ0) is 21.0. The molecule has 1 atom stereocenters. The highest BCUT2D eigenvalue weighted by Gasteiger charge is 2.35. The Hall–Kier alpha value is -2.34. The fourth-order valence-electron chi connectivity index (χ4n) is 3.64. The molecular weight excluding hydrogens is 354 g/mol. The van der Waals surface area contributed by atoms with Crippen molar-refractivity contribution >= 4 is 12.0 Å². The number of carbonyl (C=O) groups excluding carboxylic acids is 2. The van der Waals surface area contributed by atoms with Gasteiger partial charge in [-0.3, -0.25) is 4.90 Å². The highest BCUT2D eigenvalue weighted by molar-refractivity contribution is 5.95. The summed E-state index contributed by atoms with van der Waals surface area (Å²) in [5.74, 6) is -0.400. The number of amides is 2. The maximum Gasteiger partial charge on any atom is 0.338 e. The summed E-state index contributed by atoms with van der Waals surface area (Å²) in [4.78, 5) is 27.6. The van der Waals surface area contributed by atoms with Crippen molar-refractivity contribution < 1.29 is 14.3 Å². The summed E-state index contributed by atoms with van der Waals surface area (Å²) in [6.07, 6.45) is 0. The highest BCUT2D eigenvalue weighted by Crippen LogP contribution is 2.31. The van der Waals surface area contributed by atoms with E-state index in [0.717, 1.165) is 16.7 Å². The quantitative estimate of drug-likeness (QED) is 0.702. The maximum absolute atomic E-state index is 12.9. The van der Waals surface area contributed by atoms with Gasteiger partial charge in [0.2, 0.25) is 0 Å². The Bertz CT molecular complexity index is 760. The van der Waals surface area contributed by atoms with E-state index in [1.165, 1.54) is 0 Å². The number of hydrogen-bond donors (Lipinski definition) is 2. The molecule has 6 heteroatoms. The first-order valence-electron chi connectivity index (χ1n) is 9.96. The van der Waals surface area contributed by atoms with Crippen molar-refractivity contribution in [1.29, 1.82) is 0 Å². The molecule has 0 bridgehead atoms. The van der Waals surface area contributed by atoms with Crippen LogP contribution in [-0.4, -0.2) is 42.1 Å². The highest BCUT2D eigenvalue weighted by atomic mass is 16.5. The van der Waals surface area contributed by atoms with Gasteiger partial charge in [-0.15, -0.1) is 0 Å². The third-order valence-electron chi connectivity index (χ3n) is 5.06. The van der Waals surface area contributed by atoms with E-state index in [1.54, 1.807) is 6.92 Å². The Balaban J connectivity index is 2.60. The van der Waals surface area contributed by atoms with Gasteiger partial charge in [0.05, 0.1) is 18.2 Å². The molecule has 1 heterocycles. The van der Waals surface area contributed by atoms with Crippen LogP contribution in [0.1, 0.15) is 57.4 Å². The molecule has 0 aromatic heterocycles. The number of carbonyl (C=O) groups is 2. The molecule has 0 aliphatic carbocycles. The summed E-state index contributed by atoms with van der Waals surface area (Å²) in [5.41, 5.74) is 4.08. The number of nitrogens with zero attached hydrogens (tertiary/aromatic N) is 1. The molecule has 2 rings (SSSR count). The van der Waals surface area contributed by atoms with Crippen LogP contribution < -0.4 is 10.6 Å². The summed E-state index contributed by atoms with van der Waals surface area (Å²) in [7, 11) is 0. The smallest absolute Gasteiger partial charge is 0.338 e. The van der Waals surface area contributed by atoms with E-state index in [-0.39, 0.29) is 24.7 Å². The summed E-state index contributed by atoms with van der Waals surface area (Å²) in [6.45, 7) is 14.9. The lowest BCUT2D eigenvalue weighted by atomic mass is 9.90. The minimum atomic E-state index is -0.538. The predicted octanol–water partition coefficient (Wildman–Crippen LogP) is 3.59. The van der Waals surface area contributed by atoms with E-state index < -0.39 is 12.0 Å². The summed E-state index contributed by atoms with van der Waals surface area (Å²) < 4.78 is 5.36. The van der Waals surface area contributed by atoms with Crippen LogP contribution in [0.15, 0.2) is 29.5 Å². The van der Waals surface area contributed by atoms with Gasteiger partial charge in [0.15, 0.2) is 0 Å². The van der Waals surface area contributed by atoms with Crippen LogP contribution in [0.2, 0.25) is 0 Å². The van der Waals surface area contributed by atoms with Crippen molar-refractivity contribution in [2.45, 2.75) is 66.6 Å². The van der Waals surface area contributed by atoms with Gasteiger partial charge in [-0.2, -0.15) is 0 Å². The normalized spacial score (nSPS) is 17.2. The van der Waals surface area contributed by atoms with Crippen LogP contribution in [0.5, 0.6) is 0 Å². The molecule has 6 nitrogen and oxygen atoms in total. The number of hydrogen-bond acceptors (Lipinski definition) is 4. The fourth-order valence-corrected chi connectivity index (χ4v) is 3.64. The number of ether oxygens (including phenoxy) is 1. The molecule has 0 unspecified atom stereocenters. The van der Waals surface area contributed by atoms with Crippen LogP contribution in [-0.2, 0) is 9.53 Å². The summed E-state index contributed by atoms with van der Waals surface area (Å²) in [6, 6.07) is 5.74. The Morgan fingerprint density at radius 3 is 2.39 bits per heavy atom. The molecule has 1 aliphatic rings. The van der Waals surface area contributed by atoms with Crippen molar-refractivity contribution in [3.05, 3.63) is 46.2 Å². The zero-order valence-electron chi connectivity index (χ0n) is 18.1. The minimum Gasteiger partial charge on any atom is -0.463 e. The lowest BCUT2D eigenvalue weighted by Gasteiger charge is -2.35. The molecule has 0 spiro atoms. The molecule has 1 aromatic rings. The molecule has 0 fully saturated rings. The van der Waals surface area contributed by atoms with Gasteiger partial charge >= 0.3 is 12.0 Å². The first kappa shape index (κ1) is 22.0. The topological polar surface area (TPSA) is 70.7 Å². The summed E-state index contributed by atoms with van der Waals surface area (Å²) >= 11 is 0. The fraction of sp³-hybridized carbons (Fsp3) is 0.545. The van der Waals surface area contributed by atoms with Gasteiger partial charge < -0.3 is 15.4 Å². The standard InChI is InChI=1S/C22H33N3O3/c1-8-28-21(26)19-18(12-25(13(2)3)14(4)5)23-22(27)24-20(19)17-11-15(6)9-10-16(17)7/h9-11,13-14,20H,8,12H2,1-7H3,(H2,23,24,27)/t20-/m1/s1. The largest absolute Gasteiger partial charge is 0.463 e. The SMILES string of the molecule is CCOC(=O)C1=C(CN(C(C)C)C(C)C)NC(=O)N[C@@H]1c1cc(C)ccc1C. The van der Waals surface area contributed by atoms with Crippen LogP contribution >= 0.6 is 0 Å². The second-order valence-electron chi connectivity index (χ2n) is 7.86. The van der Waals surface area contributed by atoms with Crippen molar-refractivity contribution in [1.82, 2.24) is 15.5 Å². The number of esters is 1. The Morgan fingerprint density at radius 2 is 1.82 bits per heavy atom. The molecule has 2 N–H and O–H groups in total. The van der Waals surface area contributed by atoms with E-state index in [4.69, 9.17) is 4.74 Å². The van der Waals surface area contributed by atoms with Gasteiger partial charge in [-0.05, 0) is 59.6 Å². The maximum atomic E-state index is 12.9. The zero-order valence-corrected chi connectivity index (χ0v) is 18.1. The van der Waals surface area contributed by atoms with Gasteiger partial charge in [-0.25, -0.2) is 9.59 Å².